The van der Waals surface area contributed by atoms with E-state index in [1.807, 2.05) is 30.3 Å². The van der Waals surface area contributed by atoms with Crippen molar-refractivity contribution in [2.75, 3.05) is 10.6 Å². The molecule has 1 unspecified atom stereocenters. The summed E-state index contributed by atoms with van der Waals surface area (Å²) in [5.74, 6) is -0.200. The fourth-order valence-corrected chi connectivity index (χ4v) is 4.13. The molecule has 138 valence electrons. The standard InChI is InChI=1S/C19H18N4O2S2/c1-12(24)14-7-6-10-16(11-14)20-17(25)13(2)26-19-23-22-18(27-19)21-15-8-4-3-5-9-15/h3-11,13H,1-2H3,(H,20,25)(H,21,22). The summed E-state index contributed by atoms with van der Waals surface area (Å²) in [5.41, 5.74) is 2.10. The molecule has 0 radical (unpaired) electrons. The van der Waals surface area contributed by atoms with Crippen LogP contribution in [0.2, 0.25) is 0 Å². The van der Waals surface area contributed by atoms with Crippen LogP contribution in [-0.2, 0) is 4.79 Å². The minimum atomic E-state index is -0.358. The summed E-state index contributed by atoms with van der Waals surface area (Å²) in [5, 5.41) is 14.6. The number of hydrogen-bond donors (Lipinski definition) is 2. The van der Waals surface area contributed by atoms with Crippen LogP contribution in [0.4, 0.5) is 16.5 Å². The number of nitrogens with zero attached hydrogens (tertiary/aromatic N) is 2. The van der Waals surface area contributed by atoms with Gasteiger partial charge in [0.2, 0.25) is 11.0 Å². The van der Waals surface area contributed by atoms with Gasteiger partial charge in [-0.15, -0.1) is 10.2 Å². The van der Waals surface area contributed by atoms with E-state index >= 15 is 0 Å². The highest BCUT2D eigenvalue weighted by molar-refractivity contribution is 8.02. The molecule has 0 fully saturated rings. The fourth-order valence-electron chi connectivity index (χ4n) is 2.22. The van der Waals surface area contributed by atoms with Crippen LogP contribution in [0.15, 0.2) is 58.9 Å². The zero-order chi connectivity index (χ0) is 19.2. The molecule has 0 saturated heterocycles. The van der Waals surface area contributed by atoms with Gasteiger partial charge in [-0.05, 0) is 38.1 Å². The molecule has 2 aromatic carbocycles. The summed E-state index contributed by atoms with van der Waals surface area (Å²) in [6, 6.07) is 16.6. The van der Waals surface area contributed by atoms with Crippen LogP contribution < -0.4 is 10.6 Å². The molecular formula is C19H18N4O2S2. The maximum absolute atomic E-state index is 12.4. The second-order valence-corrected chi connectivity index (χ2v) is 8.32. The zero-order valence-corrected chi connectivity index (χ0v) is 16.4. The molecule has 0 aliphatic rings. The Balaban J connectivity index is 1.58. The number of Topliss-reactive ketones (excluding diaryl/α,β-unsaturated/α-hetero) is 1. The molecule has 2 N–H and O–H groups in total. The highest BCUT2D eigenvalue weighted by atomic mass is 32.2. The van der Waals surface area contributed by atoms with Gasteiger partial charge in [0.1, 0.15) is 0 Å². The second kappa shape index (κ2) is 8.79. The number of carbonyl (C=O) groups excluding carboxylic acids is 2. The predicted molar refractivity (Wildman–Crippen MR) is 110 cm³/mol. The zero-order valence-electron chi connectivity index (χ0n) is 14.8. The van der Waals surface area contributed by atoms with E-state index in [0.717, 1.165) is 5.69 Å². The molecule has 27 heavy (non-hydrogen) atoms. The molecule has 3 rings (SSSR count). The van der Waals surface area contributed by atoms with Gasteiger partial charge in [-0.1, -0.05) is 53.4 Å². The third-order valence-corrected chi connectivity index (χ3v) is 5.64. The van der Waals surface area contributed by atoms with Crippen molar-refractivity contribution in [3.63, 3.8) is 0 Å². The minimum Gasteiger partial charge on any atom is -0.330 e. The SMILES string of the molecule is CC(=O)c1cccc(NC(=O)C(C)Sc2nnc(Nc3ccccc3)s2)c1. The minimum absolute atomic E-state index is 0.0409. The number of nitrogens with one attached hydrogen (secondary N) is 2. The normalized spacial score (nSPS) is 11.6. The third-order valence-electron chi connectivity index (χ3n) is 3.61. The summed E-state index contributed by atoms with van der Waals surface area (Å²) in [6.07, 6.45) is 0. The van der Waals surface area contributed by atoms with Gasteiger partial charge in [0.15, 0.2) is 10.1 Å². The Bertz CT molecular complexity index is 944. The first kappa shape index (κ1) is 19.1. The number of aromatic nitrogens is 2. The molecule has 6 nitrogen and oxygen atoms in total. The molecule has 1 aromatic heterocycles. The van der Waals surface area contributed by atoms with Crippen LogP contribution in [0.3, 0.4) is 0 Å². The third kappa shape index (κ3) is 5.38. The summed E-state index contributed by atoms with van der Waals surface area (Å²) >= 11 is 2.73. The maximum atomic E-state index is 12.4. The quantitative estimate of drug-likeness (QED) is 0.447. The molecule has 0 spiro atoms. The van der Waals surface area contributed by atoms with Crippen LogP contribution in [0.5, 0.6) is 0 Å². The first-order valence-electron chi connectivity index (χ1n) is 8.25. The Morgan fingerprint density at radius 3 is 2.52 bits per heavy atom. The lowest BCUT2D eigenvalue weighted by molar-refractivity contribution is -0.115. The number of rotatable bonds is 7. The Kier molecular flexibility index (Phi) is 6.20. The molecule has 1 amide bonds. The van der Waals surface area contributed by atoms with Gasteiger partial charge in [0.25, 0.3) is 0 Å². The molecule has 1 heterocycles. The Labute approximate surface area is 165 Å². The van der Waals surface area contributed by atoms with Gasteiger partial charge < -0.3 is 10.6 Å². The van der Waals surface area contributed by atoms with E-state index in [-0.39, 0.29) is 16.9 Å². The van der Waals surface area contributed by atoms with Gasteiger partial charge in [0, 0.05) is 16.9 Å². The summed E-state index contributed by atoms with van der Waals surface area (Å²) in [6.45, 7) is 3.30. The first-order chi connectivity index (χ1) is 13.0. The number of benzene rings is 2. The van der Waals surface area contributed by atoms with Crippen molar-refractivity contribution in [1.82, 2.24) is 10.2 Å². The number of anilines is 3. The van der Waals surface area contributed by atoms with Crippen molar-refractivity contribution in [2.45, 2.75) is 23.4 Å². The van der Waals surface area contributed by atoms with Gasteiger partial charge >= 0.3 is 0 Å². The maximum Gasteiger partial charge on any atom is 0.237 e. The largest absolute Gasteiger partial charge is 0.330 e. The molecule has 0 aliphatic heterocycles. The van der Waals surface area contributed by atoms with E-state index in [1.54, 1.807) is 31.2 Å². The van der Waals surface area contributed by atoms with Crippen LogP contribution in [0.25, 0.3) is 0 Å². The first-order valence-corrected chi connectivity index (χ1v) is 9.95. The monoisotopic (exact) mass is 398 g/mol. The van der Waals surface area contributed by atoms with Crippen molar-refractivity contribution < 1.29 is 9.59 Å². The second-order valence-electron chi connectivity index (χ2n) is 5.75. The number of ketones is 1. The predicted octanol–water partition coefficient (Wildman–Crippen LogP) is 4.60. The number of thioether (sulfide) groups is 1. The van der Waals surface area contributed by atoms with Crippen LogP contribution >= 0.6 is 23.1 Å². The fraction of sp³-hybridized carbons (Fsp3) is 0.158. The van der Waals surface area contributed by atoms with Crippen molar-refractivity contribution in [2.24, 2.45) is 0 Å². The lowest BCUT2D eigenvalue weighted by atomic mass is 10.1. The summed E-state index contributed by atoms with van der Waals surface area (Å²) in [7, 11) is 0. The van der Waals surface area contributed by atoms with Gasteiger partial charge in [-0.2, -0.15) is 0 Å². The van der Waals surface area contributed by atoms with E-state index in [4.69, 9.17) is 0 Å². The number of para-hydroxylation sites is 1. The van der Waals surface area contributed by atoms with Gasteiger partial charge in [0.05, 0.1) is 5.25 Å². The van der Waals surface area contributed by atoms with Crippen molar-refractivity contribution >= 4 is 51.3 Å². The van der Waals surface area contributed by atoms with Crippen LogP contribution in [-0.4, -0.2) is 27.1 Å². The Hall–Kier alpha value is -2.71. The van der Waals surface area contributed by atoms with Gasteiger partial charge in [-0.25, -0.2) is 0 Å². The van der Waals surface area contributed by atoms with Gasteiger partial charge in [-0.3, -0.25) is 9.59 Å². The number of amides is 1. The molecule has 1 atom stereocenters. The molecule has 8 heteroatoms. The average Bonchev–Trinajstić information content (AvgIpc) is 3.09. The van der Waals surface area contributed by atoms with E-state index in [9.17, 15) is 9.59 Å². The van der Waals surface area contributed by atoms with Crippen molar-refractivity contribution in [3.05, 3.63) is 60.2 Å². The van der Waals surface area contributed by atoms with E-state index in [2.05, 4.69) is 20.8 Å². The average molecular weight is 399 g/mol. The lowest BCUT2D eigenvalue weighted by Crippen LogP contribution is -2.22. The lowest BCUT2D eigenvalue weighted by Gasteiger charge is -2.10. The van der Waals surface area contributed by atoms with E-state index in [1.165, 1.54) is 30.0 Å². The van der Waals surface area contributed by atoms with E-state index in [0.29, 0.717) is 20.7 Å². The molecule has 0 aliphatic carbocycles. The molecule has 3 aromatic rings. The number of hydrogen-bond acceptors (Lipinski definition) is 7. The summed E-state index contributed by atoms with van der Waals surface area (Å²) in [4.78, 5) is 23.9. The molecule has 0 bridgehead atoms. The number of carbonyl (C=O) groups is 2. The smallest absolute Gasteiger partial charge is 0.237 e. The Morgan fingerprint density at radius 2 is 1.78 bits per heavy atom. The van der Waals surface area contributed by atoms with Crippen LogP contribution in [0.1, 0.15) is 24.2 Å². The van der Waals surface area contributed by atoms with Crippen LogP contribution in [0, 0.1) is 0 Å². The molecular weight excluding hydrogens is 380 g/mol. The Morgan fingerprint density at radius 1 is 1.04 bits per heavy atom. The highest BCUT2D eigenvalue weighted by Crippen LogP contribution is 2.30. The summed E-state index contributed by atoms with van der Waals surface area (Å²) < 4.78 is 0.702. The van der Waals surface area contributed by atoms with E-state index < -0.39 is 0 Å². The topological polar surface area (TPSA) is 84.0 Å². The highest BCUT2D eigenvalue weighted by Gasteiger charge is 2.17. The van der Waals surface area contributed by atoms with Crippen molar-refractivity contribution in [1.29, 1.82) is 0 Å². The molecule has 0 saturated carbocycles. The van der Waals surface area contributed by atoms with Crippen molar-refractivity contribution in [3.8, 4) is 0 Å².